The lowest BCUT2D eigenvalue weighted by atomic mass is 10.4. The number of carboxylic acids is 1. The fraction of sp³-hybridized carbons (Fsp3) is 0.333. The highest BCUT2D eigenvalue weighted by atomic mass is 31.2. The van der Waals surface area contributed by atoms with Gasteiger partial charge in [-0.25, -0.2) is 4.79 Å². The fourth-order valence-corrected chi connectivity index (χ4v) is 0.694. The molecule has 0 spiro atoms. The van der Waals surface area contributed by atoms with Crippen LogP contribution in [0.1, 0.15) is 0 Å². The van der Waals surface area contributed by atoms with Gasteiger partial charge in [0.2, 0.25) is 6.10 Å². The number of hydrogen-bond donors (Lipinski definition) is 4. The molecule has 0 radical (unpaired) electrons. The predicted octanol–water partition coefficient (Wildman–Crippen LogP) is -1.86. The van der Waals surface area contributed by atoms with Crippen molar-refractivity contribution in [3.63, 3.8) is 0 Å². The number of carbonyl (C=O) groups is 2. The first-order valence-electron chi connectivity index (χ1n) is 2.27. The van der Waals surface area contributed by atoms with Crippen LogP contribution in [0.2, 0.25) is 0 Å². The lowest BCUT2D eigenvalue weighted by Crippen LogP contribution is -2.29. The van der Waals surface area contributed by atoms with E-state index in [1.165, 1.54) is 0 Å². The summed E-state index contributed by atoms with van der Waals surface area (Å²) in [5, 5.41) is 16.2. The van der Waals surface area contributed by atoms with Gasteiger partial charge in [0, 0.05) is 0 Å². The maximum Gasteiger partial charge on any atom is 0.395 e. The highest BCUT2D eigenvalue weighted by molar-refractivity contribution is 7.70. The standard InChI is InChI=1S/C3H5O7P/c4-1(2(5)6)3(7)11(8,9)10/h1,4H,(H,5,6)(H2,8,9,10). The minimum atomic E-state index is -5.14. The molecule has 0 heterocycles. The Bertz CT molecular complexity index is 226. The summed E-state index contributed by atoms with van der Waals surface area (Å²) in [6.07, 6.45) is -2.66. The van der Waals surface area contributed by atoms with Crippen molar-refractivity contribution in [2.45, 2.75) is 6.10 Å². The van der Waals surface area contributed by atoms with Gasteiger partial charge < -0.3 is 20.0 Å². The lowest BCUT2D eigenvalue weighted by Gasteiger charge is -2.04. The minimum absolute atomic E-state index is 1.99. The maximum atomic E-state index is 10.2. The zero-order valence-corrected chi connectivity index (χ0v) is 5.93. The average molecular weight is 184 g/mol. The highest BCUT2D eigenvalue weighted by Crippen LogP contribution is 2.36. The third-order valence-corrected chi connectivity index (χ3v) is 1.57. The van der Waals surface area contributed by atoms with Gasteiger partial charge in [-0.3, -0.25) is 9.36 Å². The molecule has 0 rings (SSSR count). The van der Waals surface area contributed by atoms with Gasteiger partial charge in [0.1, 0.15) is 0 Å². The van der Waals surface area contributed by atoms with Crippen molar-refractivity contribution in [1.29, 1.82) is 0 Å². The summed E-state index contributed by atoms with van der Waals surface area (Å²) in [5.41, 5.74) is -2.01. The van der Waals surface area contributed by atoms with Crippen molar-refractivity contribution in [3.05, 3.63) is 0 Å². The summed E-state index contributed by atoms with van der Waals surface area (Å²) in [7, 11) is -5.14. The van der Waals surface area contributed by atoms with Gasteiger partial charge in [-0.2, -0.15) is 0 Å². The van der Waals surface area contributed by atoms with E-state index in [-0.39, 0.29) is 0 Å². The van der Waals surface area contributed by atoms with Crippen LogP contribution in [0.3, 0.4) is 0 Å². The molecule has 64 valence electrons. The van der Waals surface area contributed by atoms with E-state index in [4.69, 9.17) is 20.0 Å². The van der Waals surface area contributed by atoms with Crippen molar-refractivity contribution in [2.24, 2.45) is 0 Å². The smallest absolute Gasteiger partial charge is 0.395 e. The van der Waals surface area contributed by atoms with Gasteiger partial charge in [-0.1, -0.05) is 0 Å². The van der Waals surface area contributed by atoms with Crippen LogP contribution in [-0.4, -0.2) is 37.6 Å². The molecule has 0 aliphatic heterocycles. The molecule has 0 aliphatic rings. The Morgan fingerprint density at radius 2 is 1.64 bits per heavy atom. The number of carboxylic acid groups (broad SMARTS) is 1. The molecule has 0 aromatic heterocycles. The Hall–Kier alpha value is -0.750. The average Bonchev–Trinajstić information content (AvgIpc) is 1.82. The molecule has 11 heavy (non-hydrogen) atoms. The maximum absolute atomic E-state index is 10.2. The molecule has 0 aromatic carbocycles. The SMILES string of the molecule is O=C(O)C(O)C(=O)P(=O)(O)O. The first-order chi connectivity index (χ1) is 4.76. The van der Waals surface area contributed by atoms with Crippen LogP contribution in [0.5, 0.6) is 0 Å². The van der Waals surface area contributed by atoms with E-state index < -0.39 is 25.2 Å². The molecule has 8 heteroatoms. The monoisotopic (exact) mass is 184 g/mol. The van der Waals surface area contributed by atoms with Crippen LogP contribution in [0.4, 0.5) is 0 Å². The van der Waals surface area contributed by atoms with Crippen molar-refractivity contribution in [1.82, 2.24) is 0 Å². The van der Waals surface area contributed by atoms with Gasteiger partial charge in [0.05, 0.1) is 0 Å². The number of rotatable bonds is 3. The van der Waals surface area contributed by atoms with E-state index in [1.807, 2.05) is 0 Å². The van der Waals surface area contributed by atoms with E-state index in [0.29, 0.717) is 0 Å². The molecule has 4 N–H and O–H groups in total. The quantitative estimate of drug-likeness (QED) is 0.298. The number of aliphatic hydroxyl groups is 1. The van der Waals surface area contributed by atoms with Gasteiger partial charge in [0.15, 0.2) is 0 Å². The number of aliphatic hydroxyl groups excluding tert-OH is 1. The zero-order chi connectivity index (χ0) is 9.23. The van der Waals surface area contributed by atoms with Crippen molar-refractivity contribution >= 4 is 19.1 Å². The molecule has 0 saturated heterocycles. The van der Waals surface area contributed by atoms with Crippen LogP contribution in [0.15, 0.2) is 0 Å². The summed E-state index contributed by atoms with van der Waals surface area (Å²) in [4.78, 5) is 36.1. The van der Waals surface area contributed by atoms with Gasteiger partial charge in [-0.15, -0.1) is 0 Å². The van der Waals surface area contributed by atoms with E-state index >= 15 is 0 Å². The second kappa shape index (κ2) is 3.10. The van der Waals surface area contributed by atoms with Crippen molar-refractivity contribution in [2.75, 3.05) is 0 Å². The van der Waals surface area contributed by atoms with Gasteiger partial charge in [-0.05, 0) is 0 Å². The molecule has 1 unspecified atom stereocenters. The van der Waals surface area contributed by atoms with Crippen LogP contribution >= 0.6 is 7.60 Å². The van der Waals surface area contributed by atoms with Crippen molar-refractivity contribution in [3.8, 4) is 0 Å². The molecule has 0 amide bonds. The summed E-state index contributed by atoms with van der Waals surface area (Å²) in [6.45, 7) is 0. The summed E-state index contributed by atoms with van der Waals surface area (Å²) < 4.78 is 10.00. The van der Waals surface area contributed by atoms with E-state index in [2.05, 4.69) is 0 Å². The molecule has 7 nitrogen and oxygen atoms in total. The Morgan fingerprint density at radius 1 is 1.27 bits per heavy atom. The Morgan fingerprint density at radius 3 is 1.73 bits per heavy atom. The molecule has 0 aliphatic carbocycles. The normalized spacial score (nSPS) is 14.1. The predicted molar refractivity (Wildman–Crippen MR) is 30.7 cm³/mol. The second-order valence-corrected chi connectivity index (χ2v) is 3.15. The second-order valence-electron chi connectivity index (χ2n) is 1.62. The fourth-order valence-electron chi connectivity index (χ4n) is 0.265. The molecular weight excluding hydrogens is 179 g/mol. The third-order valence-electron chi connectivity index (χ3n) is 0.755. The topological polar surface area (TPSA) is 132 Å². The number of hydrogen-bond acceptors (Lipinski definition) is 4. The summed E-state index contributed by atoms with van der Waals surface area (Å²) in [6, 6.07) is 0. The minimum Gasteiger partial charge on any atom is -0.479 e. The summed E-state index contributed by atoms with van der Waals surface area (Å²) >= 11 is 0. The van der Waals surface area contributed by atoms with Gasteiger partial charge in [0.25, 0.3) is 5.52 Å². The molecule has 0 bridgehead atoms. The van der Waals surface area contributed by atoms with Crippen LogP contribution in [0, 0.1) is 0 Å². The molecule has 1 atom stereocenters. The first kappa shape index (κ1) is 10.2. The van der Waals surface area contributed by atoms with E-state index in [1.54, 1.807) is 0 Å². The summed E-state index contributed by atoms with van der Waals surface area (Å²) in [5.74, 6) is -1.99. The number of aliphatic carboxylic acids is 1. The van der Waals surface area contributed by atoms with E-state index in [0.717, 1.165) is 0 Å². The zero-order valence-electron chi connectivity index (χ0n) is 5.04. The molecule has 0 aromatic rings. The van der Waals surface area contributed by atoms with Crippen LogP contribution in [0.25, 0.3) is 0 Å². The third kappa shape index (κ3) is 2.77. The van der Waals surface area contributed by atoms with E-state index in [9.17, 15) is 14.2 Å². The number of carbonyl (C=O) groups excluding carboxylic acids is 1. The molecule has 0 saturated carbocycles. The highest BCUT2D eigenvalue weighted by Gasteiger charge is 2.36. The first-order valence-corrected chi connectivity index (χ1v) is 3.89. The van der Waals surface area contributed by atoms with Crippen molar-refractivity contribution < 1.29 is 34.2 Å². The molecular formula is C3H5O7P. The molecule has 0 fully saturated rings. The largest absolute Gasteiger partial charge is 0.479 e. The van der Waals surface area contributed by atoms with Crippen LogP contribution < -0.4 is 0 Å². The Labute approximate surface area is 60.4 Å². The lowest BCUT2D eigenvalue weighted by molar-refractivity contribution is -0.150. The van der Waals surface area contributed by atoms with Gasteiger partial charge >= 0.3 is 13.6 Å². The van der Waals surface area contributed by atoms with Crippen LogP contribution in [-0.2, 0) is 14.2 Å². The Kier molecular flexibility index (Phi) is 2.89. The Balaban J connectivity index is 4.52.